The molecule has 0 radical (unpaired) electrons. The van der Waals surface area contributed by atoms with E-state index >= 15 is 0 Å². The van der Waals surface area contributed by atoms with Gasteiger partial charge in [0.05, 0.1) is 25.9 Å². The van der Waals surface area contributed by atoms with Gasteiger partial charge in [-0.15, -0.1) is 0 Å². The Morgan fingerprint density at radius 2 is 0.906 bits per heavy atom. The minimum atomic E-state index is -0.478. The topological polar surface area (TPSA) is 132 Å². The van der Waals surface area contributed by atoms with Crippen molar-refractivity contribution in [1.29, 1.82) is 0 Å². The van der Waals surface area contributed by atoms with Crippen LogP contribution < -0.4 is 10.6 Å². The summed E-state index contributed by atoms with van der Waals surface area (Å²) in [7, 11) is 0. The van der Waals surface area contributed by atoms with Gasteiger partial charge in [0.15, 0.2) is 0 Å². The van der Waals surface area contributed by atoms with E-state index in [1.54, 1.807) is 0 Å². The van der Waals surface area contributed by atoms with E-state index in [4.69, 9.17) is 18.9 Å². The molecular weight excluding hydrogens is 674 g/mol. The van der Waals surface area contributed by atoms with Crippen LogP contribution >= 0.6 is 0 Å². The molecule has 0 rings (SSSR count). The first kappa shape index (κ1) is 50.4. The molecule has 0 fully saturated rings. The van der Waals surface area contributed by atoms with Gasteiger partial charge in [0.25, 0.3) is 0 Å². The van der Waals surface area contributed by atoms with E-state index in [0.717, 1.165) is 83.6 Å². The molecule has 0 spiro atoms. The number of hydrogen-bond acceptors (Lipinski definition) is 9. The molecule has 2 N–H and O–H groups in total. The molecule has 53 heavy (non-hydrogen) atoms. The van der Waals surface area contributed by atoms with E-state index in [1.165, 1.54) is 51.4 Å². The Balaban J connectivity index is 4.47. The Morgan fingerprint density at radius 1 is 0.491 bits per heavy atom. The fourth-order valence-electron chi connectivity index (χ4n) is 6.30. The molecule has 11 heteroatoms. The molecule has 0 saturated heterocycles. The van der Waals surface area contributed by atoms with Crippen molar-refractivity contribution in [1.82, 2.24) is 15.5 Å². The van der Waals surface area contributed by atoms with Crippen LogP contribution in [0.2, 0.25) is 0 Å². The summed E-state index contributed by atoms with van der Waals surface area (Å²) in [6, 6.07) is 0. The number of hydrogen-bond donors (Lipinski definition) is 2. The zero-order valence-electron chi connectivity index (χ0n) is 35.0. The van der Waals surface area contributed by atoms with Crippen molar-refractivity contribution < 1.29 is 38.1 Å². The molecule has 2 atom stereocenters. The second-order valence-electron chi connectivity index (χ2n) is 14.4. The summed E-state index contributed by atoms with van der Waals surface area (Å²) in [5, 5.41) is 5.38. The molecule has 0 saturated carbocycles. The second-order valence-corrected chi connectivity index (χ2v) is 14.4. The molecule has 2 amide bonds. The summed E-state index contributed by atoms with van der Waals surface area (Å²) in [5.41, 5.74) is 0. The molecule has 0 aromatic rings. The zero-order valence-corrected chi connectivity index (χ0v) is 35.0. The Hall–Kier alpha value is -2.56. The SMILES string of the molecule is CCCCCCCCC(CC)OC(=O)NCCOC(=O)CCN(CCCC(CC)CC)CCC(=O)OCCNC(=O)OC(CC)CCCCCCCC. The van der Waals surface area contributed by atoms with Crippen LogP contribution in [0.25, 0.3) is 0 Å². The highest BCUT2D eigenvalue weighted by Crippen LogP contribution is 2.16. The van der Waals surface area contributed by atoms with Crippen molar-refractivity contribution in [2.24, 2.45) is 5.92 Å². The van der Waals surface area contributed by atoms with Crippen LogP contribution in [0, 0.1) is 5.92 Å². The summed E-state index contributed by atoms with van der Waals surface area (Å²) >= 11 is 0. The lowest BCUT2D eigenvalue weighted by Crippen LogP contribution is -2.33. The van der Waals surface area contributed by atoms with Gasteiger partial charge in [-0.1, -0.05) is 119 Å². The van der Waals surface area contributed by atoms with Crippen molar-refractivity contribution >= 4 is 24.1 Å². The van der Waals surface area contributed by atoms with E-state index in [2.05, 4.69) is 43.2 Å². The fourth-order valence-corrected chi connectivity index (χ4v) is 6.30. The molecule has 11 nitrogen and oxygen atoms in total. The summed E-state index contributed by atoms with van der Waals surface area (Å²) < 4.78 is 21.8. The zero-order chi connectivity index (χ0) is 39.4. The number of rotatable bonds is 36. The minimum Gasteiger partial charge on any atom is -0.464 e. The Labute approximate surface area is 324 Å². The highest BCUT2D eigenvalue weighted by molar-refractivity contribution is 5.70. The van der Waals surface area contributed by atoms with Gasteiger partial charge < -0.3 is 34.5 Å². The lowest BCUT2D eigenvalue weighted by Gasteiger charge is -2.23. The number of alkyl carbamates (subject to hydrolysis) is 2. The predicted octanol–water partition coefficient (Wildman–Crippen LogP) is 9.88. The number of amides is 2. The third-order valence-corrected chi connectivity index (χ3v) is 9.99. The van der Waals surface area contributed by atoms with Gasteiger partial charge in [-0.25, -0.2) is 9.59 Å². The molecule has 0 aliphatic carbocycles. The lowest BCUT2D eigenvalue weighted by atomic mass is 9.97. The maximum absolute atomic E-state index is 12.5. The molecule has 0 aliphatic heterocycles. The summed E-state index contributed by atoms with van der Waals surface area (Å²) in [6.07, 6.45) is 21.2. The maximum atomic E-state index is 12.5. The van der Waals surface area contributed by atoms with Crippen molar-refractivity contribution in [2.45, 2.75) is 195 Å². The van der Waals surface area contributed by atoms with Crippen molar-refractivity contribution in [3.05, 3.63) is 0 Å². The van der Waals surface area contributed by atoms with Crippen molar-refractivity contribution in [2.75, 3.05) is 45.9 Å². The van der Waals surface area contributed by atoms with Gasteiger partial charge >= 0.3 is 24.1 Å². The maximum Gasteiger partial charge on any atom is 0.407 e. The van der Waals surface area contributed by atoms with Crippen LogP contribution in [0.15, 0.2) is 0 Å². The quantitative estimate of drug-likeness (QED) is 0.0364. The van der Waals surface area contributed by atoms with E-state index in [9.17, 15) is 19.2 Å². The number of ether oxygens (including phenoxy) is 4. The Morgan fingerprint density at radius 3 is 1.30 bits per heavy atom. The number of carbonyl (C=O) groups is 4. The molecule has 0 aromatic carbocycles. The van der Waals surface area contributed by atoms with Crippen LogP contribution in [0.1, 0.15) is 183 Å². The van der Waals surface area contributed by atoms with E-state index in [1.807, 2.05) is 13.8 Å². The normalized spacial score (nSPS) is 12.4. The number of carbonyl (C=O) groups excluding carboxylic acids is 4. The summed E-state index contributed by atoms with van der Waals surface area (Å²) in [4.78, 5) is 51.7. The average molecular weight is 756 g/mol. The molecule has 0 bridgehead atoms. The van der Waals surface area contributed by atoms with Crippen LogP contribution in [-0.4, -0.2) is 87.2 Å². The summed E-state index contributed by atoms with van der Waals surface area (Å²) in [5.74, 6) is -0.0357. The Kier molecular flexibility index (Phi) is 34.7. The van der Waals surface area contributed by atoms with Crippen LogP contribution in [0.4, 0.5) is 9.59 Å². The van der Waals surface area contributed by atoms with Gasteiger partial charge in [0, 0.05) is 13.1 Å². The smallest absolute Gasteiger partial charge is 0.407 e. The van der Waals surface area contributed by atoms with Gasteiger partial charge in [-0.3, -0.25) is 9.59 Å². The van der Waals surface area contributed by atoms with Gasteiger partial charge in [0.2, 0.25) is 0 Å². The first-order valence-electron chi connectivity index (χ1n) is 21.6. The fraction of sp³-hybridized carbons (Fsp3) is 0.905. The van der Waals surface area contributed by atoms with E-state index in [0.29, 0.717) is 19.0 Å². The van der Waals surface area contributed by atoms with Gasteiger partial charge in [-0.2, -0.15) is 0 Å². The average Bonchev–Trinajstić information content (AvgIpc) is 3.16. The molecular formula is C42H81N3O8. The molecule has 0 aromatic heterocycles. The monoisotopic (exact) mass is 756 g/mol. The van der Waals surface area contributed by atoms with E-state index in [-0.39, 0.29) is 63.3 Å². The van der Waals surface area contributed by atoms with Crippen LogP contribution in [0.5, 0.6) is 0 Å². The first-order valence-corrected chi connectivity index (χ1v) is 21.6. The number of nitrogens with one attached hydrogen (secondary N) is 2. The first-order chi connectivity index (χ1) is 25.7. The molecule has 0 heterocycles. The largest absolute Gasteiger partial charge is 0.464 e. The van der Waals surface area contributed by atoms with E-state index < -0.39 is 12.2 Å². The van der Waals surface area contributed by atoms with Gasteiger partial charge in [-0.05, 0) is 63.8 Å². The number of unbranched alkanes of at least 4 members (excludes halogenated alkanes) is 10. The van der Waals surface area contributed by atoms with Crippen molar-refractivity contribution in [3.8, 4) is 0 Å². The molecule has 312 valence electrons. The van der Waals surface area contributed by atoms with Crippen LogP contribution in [0.3, 0.4) is 0 Å². The predicted molar refractivity (Wildman–Crippen MR) is 214 cm³/mol. The standard InChI is InChI=1S/C42H81N3O8/c1-7-13-15-17-19-21-25-37(11-5)52-41(48)43-29-34-50-39(46)27-32-45(31-23-24-36(9-3)10-4)33-28-40(47)51-35-30-44-42(49)53-38(12-6)26-22-20-18-16-14-8-2/h36-38H,7-35H2,1-6H3,(H,43,48)(H,44,49). The lowest BCUT2D eigenvalue weighted by molar-refractivity contribution is -0.144. The van der Waals surface area contributed by atoms with Crippen LogP contribution in [-0.2, 0) is 28.5 Å². The second kappa shape index (κ2) is 36.4. The third-order valence-electron chi connectivity index (χ3n) is 9.99. The highest BCUT2D eigenvalue weighted by Gasteiger charge is 2.16. The summed E-state index contributed by atoms with van der Waals surface area (Å²) in [6.45, 7) is 15.1. The van der Waals surface area contributed by atoms with Crippen molar-refractivity contribution in [3.63, 3.8) is 0 Å². The molecule has 2 unspecified atom stereocenters. The van der Waals surface area contributed by atoms with Gasteiger partial charge in [0.1, 0.15) is 25.4 Å². The molecule has 0 aliphatic rings. The minimum absolute atomic E-state index is 0.0724. The number of esters is 2. The third kappa shape index (κ3) is 31.5. The number of nitrogens with zero attached hydrogens (tertiary/aromatic N) is 1. The highest BCUT2D eigenvalue weighted by atomic mass is 16.6. The Bertz CT molecular complexity index is 840.